The van der Waals surface area contributed by atoms with Gasteiger partial charge < -0.3 is 24.7 Å². The van der Waals surface area contributed by atoms with E-state index < -0.39 is 0 Å². The molecule has 1 aliphatic rings. The summed E-state index contributed by atoms with van der Waals surface area (Å²) in [6.07, 6.45) is 9.80. The van der Waals surface area contributed by atoms with Crippen molar-refractivity contribution >= 4 is 24.5 Å². The van der Waals surface area contributed by atoms with Gasteiger partial charge in [-0.3, -0.25) is 9.79 Å². The fourth-order valence-corrected chi connectivity index (χ4v) is 3.49. The Morgan fingerprint density at radius 3 is 2.57 bits per heavy atom. The number of anilines is 1. The van der Waals surface area contributed by atoms with Gasteiger partial charge in [-0.15, -0.1) is 0 Å². The number of methoxy groups -OCH3 is 1. The van der Waals surface area contributed by atoms with Crippen molar-refractivity contribution in [1.29, 1.82) is 0 Å². The van der Waals surface area contributed by atoms with Gasteiger partial charge in [0, 0.05) is 44.8 Å². The van der Waals surface area contributed by atoms with E-state index in [1.165, 1.54) is 18.5 Å². The van der Waals surface area contributed by atoms with Crippen molar-refractivity contribution in [3.8, 4) is 11.5 Å². The lowest BCUT2D eigenvalue weighted by Gasteiger charge is -2.30. The van der Waals surface area contributed by atoms with Crippen molar-refractivity contribution in [2.24, 2.45) is 9.98 Å². The molecule has 1 amide bonds. The third-order valence-corrected chi connectivity index (χ3v) is 5.38. The molecule has 0 aliphatic carbocycles. The molecule has 0 saturated carbocycles. The third-order valence-electron chi connectivity index (χ3n) is 5.38. The Bertz CT molecular complexity index is 1140. The first-order valence-corrected chi connectivity index (χ1v) is 11.1. The highest BCUT2D eigenvalue weighted by Gasteiger charge is 2.20. The van der Waals surface area contributed by atoms with Crippen molar-refractivity contribution < 1.29 is 18.7 Å². The number of likely N-dealkylation sites (tertiary alicyclic amines) is 1. The number of rotatable bonds is 6. The van der Waals surface area contributed by atoms with E-state index in [2.05, 4.69) is 19.5 Å². The van der Waals surface area contributed by atoms with Gasteiger partial charge in [0.25, 0.3) is 0 Å². The molecule has 0 atom stereocenters. The van der Waals surface area contributed by atoms with Crippen LogP contribution in [-0.4, -0.2) is 60.3 Å². The smallest absolute Gasteiger partial charge is 0.229 e. The van der Waals surface area contributed by atoms with E-state index in [0.29, 0.717) is 29.3 Å². The van der Waals surface area contributed by atoms with Crippen LogP contribution in [0.2, 0.25) is 0 Å². The van der Waals surface area contributed by atoms with Crippen LogP contribution in [0.5, 0.6) is 11.5 Å². The normalized spacial score (nSPS) is 14.4. The summed E-state index contributed by atoms with van der Waals surface area (Å²) < 4.78 is 25.0. The van der Waals surface area contributed by atoms with Crippen LogP contribution in [0.1, 0.15) is 24.4 Å². The van der Waals surface area contributed by atoms with E-state index in [1.54, 1.807) is 49.5 Å². The molecule has 1 fully saturated rings. The minimum absolute atomic E-state index is 0.240. The second-order valence-electron chi connectivity index (χ2n) is 7.67. The molecule has 0 spiro atoms. The van der Waals surface area contributed by atoms with E-state index >= 15 is 0 Å². The summed E-state index contributed by atoms with van der Waals surface area (Å²) in [5.74, 6) is 1.59. The summed E-state index contributed by atoms with van der Waals surface area (Å²) in [7, 11) is 3.19. The quantitative estimate of drug-likeness (QED) is 0.330. The molecule has 2 aromatic heterocycles. The van der Waals surface area contributed by atoms with Gasteiger partial charge in [0.05, 0.1) is 12.7 Å². The molecule has 0 unspecified atom stereocenters. The average Bonchev–Trinajstić information content (AvgIpc) is 3.39. The molecular formula is C25H29FN6O3. The predicted octanol–water partition coefficient (Wildman–Crippen LogP) is 3.58. The standard InChI is InChI=1S/C18H22N6O2.C7H7FO/c1-20-12-22-18(26-16-3-2-7-21-17(16)19)14-4-10-24(11-14)15-5-8-23(13-25)9-6-15;1-9-7-4-2-6(8)3-5-7/h2-4,7,10-13,15H,5-6,8-9H2,1H3,(H2,19,21);2-5H,1H3. The number of hydrogen-bond donors (Lipinski definition) is 1. The number of amides is 1. The van der Waals surface area contributed by atoms with E-state index in [0.717, 1.165) is 37.9 Å². The molecule has 3 heterocycles. The minimum Gasteiger partial charge on any atom is -0.497 e. The van der Waals surface area contributed by atoms with Crippen LogP contribution in [0.4, 0.5) is 10.2 Å². The number of nitrogens with two attached hydrogens (primary N) is 1. The summed E-state index contributed by atoms with van der Waals surface area (Å²) >= 11 is 0. The second-order valence-corrected chi connectivity index (χ2v) is 7.67. The summed E-state index contributed by atoms with van der Waals surface area (Å²) in [4.78, 5) is 24.9. The molecule has 35 heavy (non-hydrogen) atoms. The molecule has 2 N–H and O–H groups in total. The molecule has 0 radical (unpaired) electrons. The number of aromatic nitrogens is 2. The van der Waals surface area contributed by atoms with Crippen molar-refractivity contribution in [1.82, 2.24) is 14.5 Å². The third kappa shape index (κ3) is 7.39. The molecule has 0 bridgehead atoms. The van der Waals surface area contributed by atoms with Crippen molar-refractivity contribution in [2.45, 2.75) is 18.9 Å². The zero-order chi connectivity index (χ0) is 25.0. The number of ether oxygens (including phenoxy) is 2. The molecule has 1 saturated heterocycles. The van der Waals surface area contributed by atoms with Crippen LogP contribution in [-0.2, 0) is 4.79 Å². The van der Waals surface area contributed by atoms with Crippen LogP contribution in [0, 0.1) is 5.82 Å². The summed E-state index contributed by atoms with van der Waals surface area (Å²) in [6, 6.07) is 11.7. The number of aliphatic imine (C=N–C) groups is 2. The monoisotopic (exact) mass is 480 g/mol. The Morgan fingerprint density at radius 2 is 1.94 bits per heavy atom. The van der Waals surface area contributed by atoms with Crippen LogP contribution in [0.15, 0.2) is 71.0 Å². The number of carbonyl (C=O) groups excluding carboxylic acids is 1. The fourth-order valence-electron chi connectivity index (χ4n) is 3.49. The summed E-state index contributed by atoms with van der Waals surface area (Å²) in [5, 5.41) is 0. The van der Waals surface area contributed by atoms with E-state index in [-0.39, 0.29) is 5.82 Å². The lowest BCUT2D eigenvalue weighted by Crippen LogP contribution is -2.33. The lowest BCUT2D eigenvalue weighted by atomic mass is 10.1. The molecule has 3 aromatic rings. The number of halogens is 1. The number of nitrogen functional groups attached to an aromatic ring is 1. The largest absolute Gasteiger partial charge is 0.497 e. The highest BCUT2D eigenvalue weighted by molar-refractivity contribution is 5.99. The van der Waals surface area contributed by atoms with Crippen molar-refractivity contribution in [2.75, 3.05) is 33.0 Å². The summed E-state index contributed by atoms with van der Waals surface area (Å²) in [5.41, 5.74) is 6.69. The van der Waals surface area contributed by atoms with Gasteiger partial charge in [-0.05, 0) is 55.3 Å². The van der Waals surface area contributed by atoms with E-state index in [1.807, 2.05) is 18.5 Å². The van der Waals surface area contributed by atoms with Gasteiger partial charge in [-0.25, -0.2) is 14.4 Å². The van der Waals surface area contributed by atoms with Crippen LogP contribution in [0.3, 0.4) is 0 Å². The molecule has 184 valence electrons. The van der Waals surface area contributed by atoms with Crippen molar-refractivity contribution in [3.63, 3.8) is 0 Å². The fraction of sp³-hybridized carbons (Fsp3) is 0.280. The van der Waals surface area contributed by atoms with Crippen LogP contribution < -0.4 is 15.2 Å². The molecule has 1 aliphatic heterocycles. The number of carbonyl (C=O) groups is 1. The Balaban J connectivity index is 0.000000320. The number of nitrogens with zero attached hydrogens (tertiary/aromatic N) is 5. The molecule has 1 aromatic carbocycles. The SMILES string of the molecule is CN=CN=C(Oc1cccnc1N)c1ccn(C2CCN(C=O)CC2)c1.COc1ccc(F)cc1. The van der Waals surface area contributed by atoms with Gasteiger partial charge >= 0.3 is 0 Å². The van der Waals surface area contributed by atoms with E-state index in [9.17, 15) is 9.18 Å². The number of pyridine rings is 1. The minimum atomic E-state index is -0.240. The predicted molar refractivity (Wildman–Crippen MR) is 134 cm³/mol. The van der Waals surface area contributed by atoms with Gasteiger partial charge in [0.2, 0.25) is 12.3 Å². The molecular weight excluding hydrogens is 451 g/mol. The highest BCUT2D eigenvalue weighted by Crippen LogP contribution is 2.24. The molecule has 9 nitrogen and oxygen atoms in total. The van der Waals surface area contributed by atoms with E-state index in [4.69, 9.17) is 15.2 Å². The Hall–Kier alpha value is -4.21. The first-order valence-electron chi connectivity index (χ1n) is 11.1. The van der Waals surface area contributed by atoms with Crippen LogP contribution >= 0.6 is 0 Å². The van der Waals surface area contributed by atoms with Gasteiger partial charge in [-0.2, -0.15) is 0 Å². The number of piperidine rings is 1. The Morgan fingerprint density at radius 1 is 1.20 bits per heavy atom. The van der Waals surface area contributed by atoms with Gasteiger partial charge in [-0.1, -0.05) is 0 Å². The first kappa shape index (κ1) is 25.4. The maximum atomic E-state index is 12.2. The zero-order valence-corrected chi connectivity index (χ0v) is 19.8. The molecule has 4 rings (SSSR count). The summed E-state index contributed by atoms with van der Waals surface area (Å²) in [6.45, 7) is 1.54. The Kier molecular flexibility index (Phi) is 9.35. The lowest BCUT2D eigenvalue weighted by molar-refractivity contribution is -0.119. The average molecular weight is 481 g/mol. The highest BCUT2D eigenvalue weighted by atomic mass is 19.1. The molecule has 10 heteroatoms. The van der Waals surface area contributed by atoms with Gasteiger partial charge in [0.15, 0.2) is 11.6 Å². The maximum Gasteiger partial charge on any atom is 0.229 e. The number of benzene rings is 1. The van der Waals surface area contributed by atoms with Gasteiger partial charge in [0.1, 0.15) is 17.9 Å². The zero-order valence-electron chi connectivity index (χ0n) is 19.8. The second kappa shape index (κ2) is 12.9. The maximum absolute atomic E-state index is 12.2. The number of hydrogen-bond acceptors (Lipinski definition) is 6. The topological polar surface area (TPSA) is 107 Å². The Labute approximate surface area is 203 Å². The van der Waals surface area contributed by atoms with Crippen LogP contribution in [0.25, 0.3) is 0 Å². The first-order chi connectivity index (χ1) is 17.0. The van der Waals surface area contributed by atoms with Crippen molar-refractivity contribution in [3.05, 3.63) is 72.4 Å².